The maximum Gasteiger partial charge on any atom is 0.260 e. The van der Waals surface area contributed by atoms with Crippen molar-refractivity contribution in [3.63, 3.8) is 0 Å². The predicted octanol–water partition coefficient (Wildman–Crippen LogP) is 3.48. The van der Waals surface area contributed by atoms with E-state index in [9.17, 15) is 4.79 Å². The minimum absolute atomic E-state index is 0.430. The van der Waals surface area contributed by atoms with E-state index < -0.39 is 5.91 Å². The predicted molar refractivity (Wildman–Crippen MR) is 99.2 cm³/mol. The fourth-order valence-corrected chi connectivity index (χ4v) is 4.03. The number of hydrogen-bond acceptors (Lipinski definition) is 4. The summed E-state index contributed by atoms with van der Waals surface area (Å²) in [6.45, 7) is 2.02. The topological polar surface area (TPSA) is 73.8 Å². The summed E-state index contributed by atoms with van der Waals surface area (Å²) in [4.78, 5) is 22.5. The minimum Gasteiger partial charge on any atom is -0.365 e. The molecule has 0 saturated carbocycles. The number of amides is 1. The van der Waals surface area contributed by atoms with E-state index in [0.717, 1.165) is 33.7 Å². The Hall–Kier alpha value is -2.99. The molecule has 3 aromatic heterocycles. The van der Waals surface area contributed by atoms with Gasteiger partial charge in [0.15, 0.2) is 5.65 Å². The van der Waals surface area contributed by atoms with Crippen LogP contribution in [0.1, 0.15) is 25.7 Å². The van der Waals surface area contributed by atoms with Crippen molar-refractivity contribution in [2.24, 2.45) is 5.73 Å². The van der Waals surface area contributed by atoms with Crippen molar-refractivity contribution in [3.05, 3.63) is 75.9 Å². The second-order valence-electron chi connectivity index (χ2n) is 5.80. The van der Waals surface area contributed by atoms with Crippen LogP contribution in [-0.4, -0.2) is 20.4 Å². The number of pyridine rings is 1. The number of carbonyl (C=O) groups is 1. The number of carbonyl (C=O) groups excluding carboxylic acids is 1. The third-order valence-electron chi connectivity index (χ3n) is 4.18. The third-order valence-corrected chi connectivity index (χ3v) is 5.33. The van der Waals surface area contributed by atoms with Crippen molar-refractivity contribution in [2.45, 2.75) is 13.3 Å². The van der Waals surface area contributed by atoms with E-state index in [-0.39, 0.29) is 0 Å². The number of aromatic nitrogens is 3. The van der Waals surface area contributed by atoms with Gasteiger partial charge in [0.05, 0.1) is 5.69 Å². The van der Waals surface area contributed by atoms with Crippen LogP contribution in [0.4, 0.5) is 0 Å². The molecule has 3 heterocycles. The molecular formula is C19H16N4OS. The van der Waals surface area contributed by atoms with Crippen LogP contribution in [0.2, 0.25) is 0 Å². The van der Waals surface area contributed by atoms with E-state index in [1.54, 1.807) is 12.5 Å². The molecule has 0 radical (unpaired) electrons. The fourth-order valence-electron chi connectivity index (χ4n) is 3.01. The van der Waals surface area contributed by atoms with Crippen LogP contribution in [0, 0.1) is 6.92 Å². The fraction of sp³-hybridized carbons (Fsp3) is 0.105. The summed E-state index contributed by atoms with van der Waals surface area (Å²) in [5.74, 6) is -0.430. The molecule has 0 aliphatic carbocycles. The van der Waals surface area contributed by atoms with Gasteiger partial charge in [0.2, 0.25) is 0 Å². The zero-order chi connectivity index (χ0) is 17.4. The lowest BCUT2D eigenvalue weighted by molar-refractivity contribution is 0.100. The molecule has 0 fully saturated rings. The smallest absolute Gasteiger partial charge is 0.260 e. The number of rotatable bonds is 4. The molecule has 1 amide bonds. The molecule has 1 aromatic carbocycles. The third kappa shape index (κ3) is 2.70. The standard InChI is InChI=1S/C19H16N4OS/c1-12-14(10-13-6-3-2-4-7-13)16(17(25-12)18(20)24)23-11-22-15-8-5-9-21-19(15)23/h2-9,11H,10H2,1H3,(H2,20,24). The number of benzene rings is 1. The highest BCUT2D eigenvalue weighted by atomic mass is 32.1. The van der Waals surface area contributed by atoms with E-state index in [2.05, 4.69) is 22.1 Å². The Morgan fingerprint density at radius 2 is 1.96 bits per heavy atom. The van der Waals surface area contributed by atoms with Gasteiger partial charge in [-0.3, -0.25) is 9.36 Å². The van der Waals surface area contributed by atoms with Crippen molar-refractivity contribution < 1.29 is 4.79 Å². The first kappa shape index (κ1) is 15.5. The van der Waals surface area contributed by atoms with Gasteiger partial charge in [0.1, 0.15) is 16.7 Å². The van der Waals surface area contributed by atoms with Crippen LogP contribution in [0.15, 0.2) is 55.0 Å². The lowest BCUT2D eigenvalue weighted by Gasteiger charge is -2.09. The first-order valence-electron chi connectivity index (χ1n) is 7.89. The summed E-state index contributed by atoms with van der Waals surface area (Å²) in [6, 6.07) is 13.9. The molecule has 0 saturated heterocycles. The largest absolute Gasteiger partial charge is 0.365 e. The maximum atomic E-state index is 12.0. The highest BCUT2D eigenvalue weighted by Gasteiger charge is 2.22. The van der Waals surface area contributed by atoms with Crippen molar-refractivity contribution in [2.75, 3.05) is 0 Å². The molecule has 25 heavy (non-hydrogen) atoms. The van der Waals surface area contributed by atoms with Crippen LogP contribution in [0.5, 0.6) is 0 Å². The van der Waals surface area contributed by atoms with Crippen LogP contribution < -0.4 is 5.73 Å². The van der Waals surface area contributed by atoms with Crippen molar-refractivity contribution in [1.82, 2.24) is 14.5 Å². The monoisotopic (exact) mass is 348 g/mol. The van der Waals surface area contributed by atoms with E-state index in [4.69, 9.17) is 5.73 Å². The molecule has 6 heteroatoms. The second kappa shape index (κ2) is 6.14. The molecule has 0 aliphatic heterocycles. The summed E-state index contributed by atoms with van der Waals surface area (Å²) in [5.41, 5.74) is 10.2. The number of nitrogens with two attached hydrogens (primary N) is 1. The van der Waals surface area contributed by atoms with Crippen molar-refractivity contribution >= 4 is 28.4 Å². The molecule has 124 valence electrons. The number of imidazole rings is 1. The van der Waals surface area contributed by atoms with Gasteiger partial charge in [0.25, 0.3) is 5.91 Å². The van der Waals surface area contributed by atoms with E-state index in [1.807, 2.05) is 41.8 Å². The maximum absolute atomic E-state index is 12.0. The Bertz CT molecular complexity index is 1070. The van der Waals surface area contributed by atoms with E-state index >= 15 is 0 Å². The molecule has 0 aliphatic rings. The average molecular weight is 348 g/mol. The van der Waals surface area contributed by atoms with Crippen LogP contribution in [-0.2, 0) is 6.42 Å². The molecule has 0 bridgehead atoms. The molecule has 0 atom stereocenters. The van der Waals surface area contributed by atoms with Crippen LogP contribution >= 0.6 is 11.3 Å². The first-order valence-corrected chi connectivity index (χ1v) is 8.71. The average Bonchev–Trinajstić information content (AvgIpc) is 3.18. The van der Waals surface area contributed by atoms with Gasteiger partial charge in [-0.05, 0) is 30.2 Å². The molecule has 2 N–H and O–H groups in total. The molecule has 5 nitrogen and oxygen atoms in total. The van der Waals surface area contributed by atoms with Gasteiger partial charge >= 0.3 is 0 Å². The molecule has 4 aromatic rings. The van der Waals surface area contributed by atoms with Gasteiger partial charge in [-0.1, -0.05) is 30.3 Å². The van der Waals surface area contributed by atoms with Gasteiger partial charge < -0.3 is 5.73 Å². The Balaban J connectivity index is 1.95. The van der Waals surface area contributed by atoms with Crippen LogP contribution in [0.3, 0.4) is 0 Å². The van der Waals surface area contributed by atoms with Gasteiger partial charge in [0, 0.05) is 17.5 Å². The Morgan fingerprint density at radius 1 is 1.16 bits per heavy atom. The van der Waals surface area contributed by atoms with Crippen LogP contribution in [0.25, 0.3) is 16.9 Å². The number of aryl methyl sites for hydroxylation is 1. The second-order valence-corrected chi connectivity index (χ2v) is 7.03. The number of nitrogens with zero attached hydrogens (tertiary/aromatic N) is 3. The van der Waals surface area contributed by atoms with Gasteiger partial charge in [-0.25, -0.2) is 9.97 Å². The highest BCUT2D eigenvalue weighted by Crippen LogP contribution is 2.34. The Kier molecular flexibility index (Phi) is 3.82. The highest BCUT2D eigenvalue weighted by molar-refractivity contribution is 7.14. The number of fused-ring (bicyclic) bond motifs is 1. The van der Waals surface area contributed by atoms with E-state index in [1.165, 1.54) is 16.9 Å². The molecular weight excluding hydrogens is 332 g/mol. The zero-order valence-corrected chi connectivity index (χ0v) is 14.5. The number of primary amides is 1. The quantitative estimate of drug-likeness (QED) is 0.613. The zero-order valence-electron chi connectivity index (χ0n) is 13.6. The van der Waals surface area contributed by atoms with Gasteiger partial charge in [-0.2, -0.15) is 0 Å². The molecule has 0 spiro atoms. The summed E-state index contributed by atoms with van der Waals surface area (Å²) in [6.07, 6.45) is 4.15. The van der Waals surface area contributed by atoms with Gasteiger partial charge in [-0.15, -0.1) is 11.3 Å². The van der Waals surface area contributed by atoms with Crippen molar-refractivity contribution in [1.29, 1.82) is 0 Å². The number of hydrogen-bond donors (Lipinski definition) is 1. The minimum atomic E-state index is -0.430. The lowest BCUT2D eigenvalue weighted by Crippen LogP contribution is -2.13. The normalized spacial score (nSPS) is 11.1. The SMILES string of the molecule is Cc1sc(C(N)=O)c(-n2cnc3cccnc32)c1Cc1ccccc1. The van der Waals surface area contributed by atoms with Crippen molar-refractivity contribution in [3.8, 4) is 5.69 Å². The summed E-state index contributed by atoms with van der Waals surface area (Å²) < 4.78 is 1.87. The summed E-state index contributed by atoms with van der Waals surface area (Å²) in [7, 11) is 0. The summed E-state index contributed by atoms with van der Waals surface area (Å²) in [5, 5.41) is 0. The summed E-state index contributed by atoms with van der Waals surface area (Å²) >= 11 is 1.42. The molecule has 0 unspecified atom stereocenters. The first-order chi connectivity index (χ1) is 12.1. The number of thiophene rings is 1. The Labute approximate surface area is 148 Å². The molecule has 4 rings (SSSR count). The van der Waals surface area contributed by atoms with E-state index in [0.29, 0.717) is 4.88 Å². The Morgan fingerprint density at radius 3 is 2.72 bits per heavy atom. The lowest BCUT2D eigenvalue weighted by atomic mass is 10.0.